The van der Waals surface area contributed by atoms with Crippen molar-refractivity contribution in [1.82, 2.24) is 4.90 Å². The van der Waals surface area contributed by atoms with Gasteiger partial charge in [-0.15, -0.1) is 0 Å². The Morgan fingerprint density at radius 3 is 2.40 bits per heavy atom. The minimum Gasteiger partial charge on any atom is -0.302 e. The highest BCUT2D eigenvalue weighted by atomic mass is 16.1. The SMILES string of the molecule is CCN1C[C@]2(CC1C=O)C[C@H]2C(C)(C)C. The van der Waals surface area contributed by atoms with Gasteiger partial charge in [-0.25, -0.2) is 0 Å². The van der Waals surface area contributed by atoms with Crippen LogP contribution in [0.15, 0.2) is 0 Å². The third-order valence-electron chi connectivity index (χ3n) is 4.40. The summed E-state index contributed by atoms with van der Waals surface area (Å²) in [4.78, 5) is 13.4. The summed E-state index contributed by atoms with van der Waals surface area (Å²) < 4.78 is 0. The van der Waals surface area contributed by atoms with Gasteiger partial charge in [0.25, 0.3) is 0 Å². The molecule has 0 aromatic heterocycles. The van der Waals surface area contributed by atoms with Gasteiger partial charge in [0, 0.05) is 6.54 Å². The van der Waals surface area contributed by atoms with Crippen LogP contribution in [0.1, 0.15) is 40.5 Å². The highest BCUT2D eigenvalue weighted by molar-refractivity contribution is 5.59. The first-order valence-electron chi connectivity index (χ1n) is 6.12. The van der Waals surface area contributed by atoms with Crippen molar-refractivity contribution >= 4 is 6.29 Å². The largest absolute Gasteiger partial charge is 0.302 e. The predicted molar refractivity (Wildman–Crippen MR) is 61.7 cm³/mol. The van der Waals surface area contributed by atoms with Gasteiger partial charge in [0.15, 0.2) is 0 Å². The van der Waals surface area contributed by atoms with Crippen LogP contribution in [0.5, 0.6) is 0 Å². The summed E-state index contributed by atoms with van der Waals surface area (Å²) in [6, 6.07) is 0.197. The molecule has 1 aliphatic carbocycles. The lowest BCUT2D eigenvalue weighted by molar-refractivity contribution is -0.111. The number of likely N-dealkylation sites (N-methyl/N-ethyl adjacent to an activating group) is 1. The summed E-state index contributed by atoms with van der Waals surface area (Å²) in [6.45, 7) is 11.3. The Morgan fingerprint density at radius 1 is 1.40 bits per heavy atom. The van der Waals surface area contributed by atoms with Crippen molar-refractivity contribution in [3.63, 3.8) is 0 Å². The van der Waals surface area contributed by atoms with Gasteiger partial charge in [0.05, 0.1) is 6.04 Å². The molecule has 1 spiro atoms. The Hall–Kier alpha value is -0.370. The van der Waals surface area contributed by atoms with Gasteiger partial charge in [0.1, 0.15) is 6.29 Å². The van der Waals surface area contributed by atoms with Crippen LogP contribution in [-0.2, 0) is 4.79 Å². The van der Waals surface area contributed by atoms with Crippen LogP contribution >= 0.6 is 0 Å². The number of carbonyl (C=O) groups is 1. The molecule has 1 saturated carbocycles. The number of likely N-dealkylation sites (tertiary alicyclic amines) is 1. The highest BCUT2D eigenvalue weighted by Gasteiger charge is 2.62. The zero-order valence-corrected chi connectivity index (χ0v) is 10.4. The Labute approximate surface area is 93.0 Å². The molecule has 2 nitrogen and oxygen atoms in total. The van der Waals surface area contributed by atoms with Crippen molar-refractivity contribution in [1.29, 1.82) is 0 Å². The average Bonchev–Trinajstić information content (AvgIpc) is 2.71. The molecule has 2 rings (SSSR count). The quantitative estimate of drug-likeness (QED) is 0.651. The van der Waals surface area contributed by atoms with Crippen molar-refractivity contribution in [3.05, 3.63) is 0 Å². The fourth-order valence-corrected chi connectivity index (χ4v) is 3.59. The summed E-state index contributed by atoms with van der Waals surface area (Å²) in [5.74, 6) is 0.823. The van der Waals surface area contributed by atoms with E-state index in [0.717, 1.165) is 31.7 Å². The van der Waals surface area contributed by atoms with Gasteiger partial charge in [-0.2, -0.15) is 0 Å². The van der Waals surface area contributed by atoms with E-state index < -0.39 is 0 Å². The van der Waals surface area contributed by atoms with Crippen LogP contribution in [0.4, 0.5) is 0 Å². The number of rotatable bonds is 2. The molecule has 0 amide bonds. The third kappa shape index (κ3) is 1.73. The van der Waals surface area contributed by atoms with E-state index in [9.17, 15) is 4.79 Å². The van der Waals surface area contributed by atoms with E-state index >= 15 is 0 Å². The van der Waals surface area contributed by atoms with Crippen molar-refractivity contribution in [2.45, 2.75) is 46.6 Å². The standard InChI is InChI=1S/C13H23NO/c1-5-14-9-13(6-10(14)8-15)7-11(13)12(2,3)4/h8,10-11H,5-7,9H2,1-4H3/t10?,11-,13-/m0/s1. The lowest BCUT2D eigenvalue weighted by Crippen LogP contribution is -2.30. The van der Waals surface area contributed by atoms with E-state index in [-0.39, 0.29) is 6.04 Å². The van der Waals surface area contributed by atoms with E-state index in [2.05, 4.69) is 32.6 Å². The van der Waals surface area contributed by atoms with Crippen molar-refractivity contribution < 1.29 is 4.79 Å². The van der Waals surface area contributed by atoms with Crippen molar-refractivity contribution in [2.24, 2.45) is 16.7 Å². The second-order valence-electron chi connectivity index (χ2n) is 6.46. The fourth-order valence-electron chi connectivity index (χ4n) is 3.59. The lowest BCUT2D eigenvalue weighted by atomic mass is 9.84. The normalized spacial score (nSPS) is 41.1. The minimum atomic E-state index is 0.197. The molecule has 15 heavy (non-hydrogen) atoms. The van der Waals surface area contributed by atoms with Gasteiger partial charge < -0.3 is 4.79 Å². The molecule has 1 unspecified atom stereocenters. The highest BCUT2D eigenvalue weighted by Crippen LogP contribution is 2.66. The molecule has 86 valence electrons. The monoisotopic (exact) mass is 209 g/mol. The Morgan fingerprint density at radius 2 is 2.07 bits per heavy atom. The molecule has 2 heteroatoms. The molecule has 3 atom stereocenters. The van der Waals surface area contributed by atoms with E-state index in [4.69, 9.17) is 0 Å². The first kappa shape index (κ1) is 11.1. The number of aldehydes is 1. The smallest absolute Gasteiger partial charge is 0.137 e. The Bertz CT molecular complexity index is 268. The van der Waals surface area contributed by atoms with Crippen molar-refractivity contribution in [2.75, 3.05) is 13.1 Å². The second-order valence-corrected chi connectivity index (χ2v) is 6.46. The van der Waals surface area contributed by atoms with Crippen LogP contribution in [-0.4, -0.2) is 30.3 Å². The maximum atomic E-state index is 11.0. The molecule has 0 bridgehead atoms. The number of hydrogen-bond donors (Lipinski definition) is 0. The molecular formula is C13H23NO. The van der Waals surface area contributed by atoms with Gasteiger partial charge in [0.2, 0.25) is 0 Å². The average molecular weight is 209 g/mol. The number of carbonyl (C=O) groups excluding carboxylic acids is 1. The summed E-state index contributed by atoms with van der Waals surface area (Å²) in [7, 11) is 0. The van der Waals surface area contributed by atoms with Crippen LogP contribution < -0.4 is 0 Å². The molecule has 0 radical (unpaired) electrons. The maximum Gasteiger partial charge on any atom is 0.137 e. The Kier molecular flexibility index (Phi) is 2.45. The molecular weight excluding hydrogens is 186 g/mol. The molecule has 1 saturated heterocycles. The Balaban J connectivity index is 2.07. The first-order valence-corrected chi connectivity index (χ1v) is 6.12. The predicted octanol–water partition coefficient (Wildman–Crippen LogP) is 2.33. The summed E-state index contributed by atoms with van der Waals surface area (Å²) >= 11 is 0. The van der Waals surface area contributed by atoms with Gasteiger partial charge in [-0.3, -0.25) is 4.90 Å². The van der Waals surface area contributed by atoms with Gasteiger partial charge in [-0.05, 0) is 36.1 Å². The van der Waals surface area contributed by atoms with Gasteiger partial charge in [-0.1, -0.05) is 27.7 Å². The first-order chi connectivity index (χ1) is 6.93. The van der Waals surface area contributed by atoms with E-state index in [1.807, 2.05) is 0 Å². The van der Waals surface area contributed by atoms with Gasteiger partial charge >= 0.3 is 0 Å². The molecule has 1 heterocycles. The maximum absolute atomic E-state index is 11.0. The zero-order chi connectivity index (χ0) is 11.3. The zero-order valence-electron chi connectivity index (χ0n) is 10.4. The van der Waals surface area contributed by atoms with Crippen molar-refractivity contribution in [3.8, 4) is 0 Å². The molecule has 0 aromatic rings. The van der Waals surface area contributed by atoms with E-state index in [0.29, 0.717) is 10.8 Å². The minimum absolute atomic E-state index is 0.197. The summed E-state index contributed by atoms with van der Waals surface area (Å²) in [6.07, 6.45) is 3.58. The second kappa shape index (κ2) is 3.31. The molecule has 2 aliphatic rings. The molecule has 0 aromatic carbocycles. The number of hydrogen-bond acceptors (Lipinski definition) is 2. The lowest BCUT2D eigenvalue weighted by Gasteiger charge is -2.22. The van der Waals surface area contributed by atoms with E-state index in [1.165, 1.54) is 6.42 Å². The van der Waals surface area contributed by atoms with Crippen LogP contribution in [0.3, 0.4) is 0 Å². The molecule has 0 N–H and O–H groups in total. The van der Waals surface area contributed by atoms with Crippen LogP contribution in [0.2, 0.25) is 0 Å². The molecule has 1 aliphatic heterocycles. The number of nitrogens with zero attached hydrogens (tertiary/aromatic N) is 1. The van der Waals surface area contributed by atoms with Crippen LogP contribution in [0, 0.1) is 16.7 Å². The third-order valence-corrected chi connectivity index (χ3v) is 4.40. The van der Waals surface area contributed by atoms with E-state index in [1.54, 1.807) is 0 Å². The molecule has 2 fully saturated rings. The fraction of sp³-hybridized carbons (Fsp3) is 0.923. The topological polar surface area (TPSA) is 20.3 Å². The summed E-state index contributed by atoms with van der Waals surface area (Å²) in [5.41, 5.74) is 0.900. The van der Waals surface area contributed by atoms with Crippen LogP contribution in [0.25, 0.3) is 0 Å². The summed E-state index contributed by atoms with van der Waals surface area (Å²) in [5, 5.41) is 0.